The molecule has 0 fully saturated rings. The highest BCUT2D eigenvalue weighted by Gasteiger charge is 2.35. The first-order valence-electron chi connectivity index (χ1n) is 9.49. The van der Waals surface area contributed by atoms with E-state index in [0.29, 0.717) is 12.3 Å². The second-order valence-electron chi connectivity index (χ2n) is 6.95. The van der Waals surface area contributed by atoms with Crippen molar-refractivity contribution in [1.29, 1.82) is 0 Å². The Morgan fingerprint density at radius 1 is 0.966 bits per heavy atom. The molecule has 0 aromatic heterocycles. The zero-order chi connectivity index (χ0) is 20.2. The summed E-state index contributed by atoms with van der Waals surface area (Å²) in [4.78, 5) is 28.8. The van der Waals surface area contributed by atoms with Gasteiger partial charge in [0.2, 0.25) is 11.8 Å². The number of carbonyl (C=O) groups excluding carboxylic acids is 2. The van der Waals surface area contributed by atoms with Gasteiger partial charge in [0.25, 0.3) is 0 Å². The number of aliphatic imine (C=N–C) groups is 1. The van der Waals surface area contributed by atoms with Crippen molar-refractivity contribution in [3.8, 4) is 0 Å². The van der Waals surface area contributed by atoms with Gasteiger partial charge in [-0.1, -0.05) is 60.7 Å². The lowest BCUT2D eigenvalue weighted by molar-refractivity contribution is -0.119. The van der Waals surface area contributed by atoms with Gasteiger partial charge in [-0.25, -0.2) is 0 Å². The summed E-state index contributed by atoms with van der Waals surface area (Å²) in [6.07, 6.45) is 0. The first kappa shape index (κ1) is 18.6. The summed E-state index contributed by atoms with van der Waals surface area (Å²) in [5, 5.41) is 5.74. The monoisotopic (exact) mass is 383 g/mol. The Bertz CT molecular complexity index is 1070. The number of benzene rings is 3. The van der Waals surface area contributed by atoms with Gasteiger partial charge in [-0.05, 0) is 34.9 Å². The Balaban J connectivity index is 1.73. The van der Waals surface area contributed by atoms with Gasteiger partial charge in [0.15, 0.2) is 0 Å². The Morgan fingerprint density at radius 3 is 2.38 bits per heavy atom. The van der Waals surface area contributed by atoms with Gasteiger partial charge in [0.05, 0.1) is 11.4 Å². The molecule has 0 spiro atoms. The summed E-state index contributed by atoms with van der Waals surface area (Å²) in [7, 11) is 0. The van der Waals surface area contributed by atoms with Gasteiger partial charge in [-0.3, -0.25) is 14.6 Å². The molecule has 2 amide bonds. The zero-order valence-corrected chi connectivity index (χ0v) is 16.1. The van der Waals surface area contributed by atoms with Crippen LogP contribution in [-0.4, -0.2) is 17.5 Å². The summed E-state index contributed by atoms with van der Waals surface area (Å²) < 4.78 is 0. The molecule has 5 heteroatoms. The van der Waals surface area contributed by atoms with Crippen LogP contribution in [0.25, 0.3) is 0 Å². The maximum Gasteiger partial charge on any atom is 0.238 e. The number of hydrogen-bond acceptors (Lipinski definition) is 3. The minimum Gasteiger partial charge on any atom is -0.352 e. The van der Waals surface area contributed by atoms with E-state index >= 15 is 0 Å². The third-order valence-electron chi connectivity index (χ3n) is 4.86. The maximum atomic E-state index is 12.8. The molecular formula is C24H21N3O2. The predicted molar refractivity (Wildman–Crippen MR) is 114 cm³/mol. The van der Waals surface area contributed by atoms with E-state index in [1.807, 2.05) is 78.9 Å². The number of nitrogens with zero attached hydrogens (tertiary/aromatic N) is 1. The summed E-state index contributed by atoms with van der Waals surface area (Å²) in [6.45, 7) is 1.97. The molecule has 1 aliphatic rings. The third-order valence-corrected chi connectivity index (χ3v) is 4.86. The van der Waals surface area contributed by atoms with Crippen molar-refractivity contribution in [1.82, 2.24) is 5.32 Å². The fourth-order valence-electron chi connectivity index (χ4n) is 3.44. The standard InChI is InChI=1S/C24H21N3O2/c1-16(28)25-15-17-11-13-19(14-12-17)26-23(18-7-3-2-4-8-18)22-20-9-5-6-10-21(20)27-24(22)29/h2-14,22H,15H2,1H3,(H,25,28)(H,27,29). The highest BCUT2D eigenvalue weighted by molar-refractivity contribution is 6.24. The summed E-state index contributed by atoms with van der Waals surface area (Å²) in [5.41, 5.74) is 5.13. The van der Waals surface area contributed by atoms with Crippen LogP contribution in [-0.2, 0) is 16.1 Å². The fraction of sp³-hybridized carbons (Fsp3) is 0.125. The van der Waals surface area contributed by atoms with Gasteiger partial charge in [0, 0.05) is 19.2 Å². The molecule has 1 heterocycles. The molecule has 29 heavy (non-hydrogen) atoms. The van der Waals surface area contributed by atoms with Gasteiger partial charge in [0.1, 0.15) is 5.92 Å². The van der Waals surface area contributed by atoms with E-state index in [1.54, 1.807) is 0 Å². The SMILES string of the molecule is CC(=O)NCc1ccc(N=C(c2ccccc2)C2C(=O)Nc3ccccc32)cc1. The van der Waals surface area contributed by atoms with Gasteiger partial charge in [-0.2, -0.15) is 0 Å². The summed E-state index contributed by atoms with van der Waals surface area (Å²) in [5.74, 6) is -0.604. The minimum absolute atomic E-state index is 0.0654. The van der Waals surface area contributed by atoms with Crippen LogP contribution in [0.15, 0.2) is 83.9 Å². The van der Waals surface area contributed by atoms with Crippen LogP contribution in [0.5, 0.6) is 0 Å². The van der Waals surface area contributed by atoms with Crippen molar-refractivity contribution in [2.75, 3.05) is 5.32 Å². The number of amides is 2. The fourth-order valence-corrected chi connectivity index (χ4v) is 3.44. The molecule has 3 aromatic carbocycles. The third kappa shape index (κ3) is 4.09. The topological polar surface area (TPSA) is 70.6 Å². The molecule has 0 radical (unpaired) electrons. The molecule has 2 N–H and O–H groups in total. The second-order valence-corrected chi connectivity index (χ2v) is 6.95. The van der Waals surface area contributed by atoms with Crippen molar-refractivity contribution >= 4 is 28.9 Å². The number of anilines is 1. The highest BCUT2D eigenvalue weighted by atomic mass is 16.2. The Morgan fingerprint density at radius 2 is 1.66 bits per heavy atom. The van der Waals surface area contributed by atoms with E-state index in [1.165, 1.54) is 6.92 Å². The van der Waals surface area contributed by atoms with Crippen LogP contribution in [0.1, 0.15) is 29.5 Å². The molecule has 4 rings (SSSR count). The molecule has 1 atom stereocenters. The number of rotatable bonds is 5. The van der Waals surface area contributed by atoms with Crippen molar-refractivity contribution in [2.24, 2.45) is 4.99 Å². The van der Waals surface area contributed by atoms with Crippen molar-refractivity contribution in [2.45, 2.75) is 19.4 Å². The van der Waals surface area contributed by atoms with E-state index < -0.39 is 5.92 Å². The largest absolute Gasteiger partial charge is 0.352 e. The Kier molecular flexibility index (Phi) is 5.20. The minimum atomic E-state index is -0.465. The summed E-state index contributed by atoms with van der Waals surface area (Å²) in [6, 6.07) is 25.2. The molecule has 0 saturated carbocycles. The Labute approximate surface area is 169 Å². The lowest BCUT2D eigenvalue weighted by Gasteiger charge is -2.14. The Hall–Kier alpha value is -3.73. The second kappa shape index (κ2) is 8.10. The van der Waals surface area contributed by atoms with E-state index in [9.17, 15) is 9.59 Å². The zero-order valence-electron chi connectivity index (χ0n) is 16.1. The number of carbonyl (C=O) groups is 2. The van der Waals surface area contributed by atoms with Crippen LogP contribution < -0.4 is 10.6 Å². The highest BCUT2D eigenvalue weighted by Crippen LogP contribution is 2.36. The average Bonchev–Trinajstić information content (AvgIpc) is 3.07. The average molecular weight is 383 g/mol. The molecule has 1 aliphatic heterocycles. The van der Waals surface area contributed by atoms with Crippen LogP contribution >= 0.6 is 0 Å². The van der Waals surface area contributed by atoms with E-state index in [2.05, 4.69) is 10.6 Å². The number of para-hydroxylation sites is 1. The van der Waals surface area contributed by atoms with Gasteiger partial charge in [-0.15, -0.1) is 0 Å². The molecule has 1 unspecified atom stereocenters. The molecule has 0 saturated heterocycles. The molecule has 5 nitrogen and oxygen atoms in total. The first-order chi connectivity index (χ1) is 14.1. The smallest absolute Gasteiger partial charge is 0.238 e. The van der Waals surface area contributed by atoms with E-state index in [4.69, 9.17) is 4.99 Å². The molecule has 144 valence electrons. The number of fused-ring (bicyclic) bond motifs is 1. The van der Waals surface area contributed by atoms with E-state index in [-0.39, 0.29) is 11.8 Å². The lowest BCUT2D eigenvalue weighted by atomic mass is 9.90. The van der Waals surface area contributed by atoms with Gasteiger partial charge >= 0.3 is 0 Å². The number of nitrogens with one attached hydrogen (secondary N) is 2. The molecule has 0 aliphatic carbocycles. The van der Waals surface area contributed by atoms with Crippen LogP contribution in [0, 0.1) is 0 Å². The number of hydrogen-bond donors (Lipinski definition) is 2. The van der Waals surface area contributed by atoms with Crippen LogP contribution in [0.2, 0.25) is 0 Å². The van der Waals surface area contributed by atoms with Crippen molar-refractivity contribution in [3.05, 3.63) is 95.6 Å². The summed E-state index contributed by atoms with van der Waals surface area (Å²) >= 11 is 0. The first-order valence-corrected chi connectivity index (χ1v) is 9.49. The molecule has 0 bridgehead atoms. The maximum absolute atomic E-state index is 12.8. The van der Waals surface area contributed by atoms with Crippen LogP contribution in [0.3, 0.4) is 0 Å². The van der Waals surface area contributed by atoms with E-state index in [0.717, 1.165) is 28.1 Å². The molecular weight excluding hydrogens is 362 g/mol. The lowest BCUT2D eigenvalue weighted by Crippen LogP contribution is -2.22. The van der Waals surface area contributed by atoms with Crippen molar-refractivity contribution in [3.63, 3.8) is 0 Å². The quantitative estimate of drug-likeness (QED) is 0.649. The predicted octanol–water partition coefficient (Wildman–Crippen LogP) is 4.18. The normalized spacial score (nSPS) is 15.6. The van der Waals surface area contributed by atoms with Crippen LogP contribution in [0.4, 0.5) is 11.4 Å². The molecule has 3 aromatic rings. The van der Waals surface area contributed by atoms with Gasteiger partial charge < -0.3 is 10.6 Å². The van der Waals surface area contributed by atoms with Crippen molar-refractivity contribution < 1.29 is 9.59 Å².